The van der Waals surface area contributed by atoms with Crippen molar-refractivity contribution in [3.8, 4) is 11.5 Å². The van der Waals surface area contributed by atoms with E-state index >= 15 is 0 Å². The summed E-state index contributed by atoms with van der Waals surface area (Å²) in [5, 5.41) is 0.438. The maximum atomic E-state index is 13.7. The van der Waals surface area contributed by atoms with Gasteiger partial charge in [0, 0.05) is 12.3 Å². The second-order valence-corrected chi connectivity index (χ2v) is 4.18. The van der Waals surface area contributed by atoms with Crippen LogP contribution in [0.25, 0.3) is 0 Å². The summed E-state index contributed by atoms with van der Waals surface area (Å²) in [6.45, 7) is 0.484. The lowest BCUT2D eigenvalue weighted by Crippen LogP contribution is -2.03. The fraction of sp³-hybridized carbons (Fsp3) is 0.154. The van der Waals surface area contributed by atoms with Gasteiger partial charge in [0.15, 0.2) is 11.6 Å². The monoisotopic (exact) mass is 266 g/mol. The lowest BCUT2D eigenvalue weighted by molar-refractivity contribution is 0.440. The molecule has 0 fully saturated rings. The topological polar surface area (TPSA) is 48.1 Å². The highest BCUT2D eigenvalue weighted by Gasteiger charge is 2.06. The largest absolute Gasteiger partial charge is 0.453 e. The number of hydrogen-bond acceptors (Lipinski definition) is 3. The van der Waals surface area contributed by atoms with Gasteiger partial charge in [-0.2, -0.15) is 0 Å². The highest BCUT2D eigenvalue weighted by atomic mass is 35.5. The zero-order valence-electron chi connectivity index (χ0n) is 9.57. The van der Waals surface area contributed by atoms with Gasteiger partial charge in [0.05, 0.1) is 11.2 Å². The molecular formula is C13H12ClFN2O. The maximum Gasteiger partial charge on any atom is 0.165 e. The number of pyridine rings is 1. The molecular weight excluding hydrogens is 255 g/mol. The van der Waals surface area contributed by atoms with Gasteiger partial charge >= 0.3 is 0 Å². The number of ether oxygens (including phenoxy) is 1. The summed E-state index contributed by atoms with van der Waals surface area (Å²) < 4.78 is 19.1. The van der Waals surface area contributed by atoms with Crippen molar-refractivity contribution in [3.63, 3.8) is 0 Å². The van der Waals surface area contributed by atoms with Crippen LogP contribution in [0.2, 0.25) is 5.02 Å². The molecule has 94 valence electrons. The molecule has 3 nitrogen and oxygen atoms in total. The maximum absolute atomic E-state index is 13.7. The van der Waals surface area contributed by atoms with Crippen molar-refractivity contribution < 1.29 is 9.13 Å². The Labute approximate surface area is 109 Å². The molecule has 1 aromatic heterocycles. The van der Waals surface area contributed by atoms with Crippen molar-refractivity contribution in [3.05, 3.63) is 53.1 Å². The van der Waals surface area contributed by atoms with Gasteiger partial charge in [-0.1, -0.05) is 17.7 Å². The lowest BCUT2D eigenvalue weighted by atomic mass is 10.1. The normalized spacial score (nSPS) is 10.4. The summed E-state index contributed by atoms with van der Waals surface area (Å²) in [4.78, 5) is 3.86. The third-order valence-corrected chi connectivity index (χ3v) is 2.54. The first kappa shape index (κ1) is 12.8. The van der Waals surface area contributed by atoms with Crippen LogP contribution in [-0.2, 0) is 6.42 Å². The van der Waals surface area contributed by atoms with Crippen LogP contribution in [0.5, 0.6) is 11.5 Å². The highest BCUT2D eigenvalue weighted by Crippen LogP contribution is 2.26. The minimum atomic E-state index is -0.430. The molecule has 0 unspecified atom stereocenters. The minimum absolute atomic E-state index is 0.139. The van der Waals surface area contributed by atoms with E-state index in [0.29, 0.717) is 23.7 Å². The van der Waals surface area contributed by atoms with Crippen LogP contribution in [0.15, 0.2) is 36.7 Å². The molecule has 0 saturated heterocycles. The van der Waals surface area contributed by atoms with E-state index in [1.807, 2.05) is 0 Å². The van der Waals surface area contributed by atoms with Gasteiger partial charge in [-0.3, -0.25) is 4.98 Å². The Morgan fingerprint density at radius 3 is 2.78 bits per heavy atom. The van der Waals surface area contributed by atoms with Crippen LogP contribution in [0.4, 0.5) is 4.39 Å². The van der Waals surface area contributed by atoms with Crippen LogP contribution < -0.4 is 10.5 Å². The molecule has 2 rings (SSSR count). The average molecular weight is 267 g/mol. The molecule has 0 aliphatic carbocycles. The summed E-state index contributed by atoms with van der Waals surface area (Å²) in [5.41, 5.74) is 6.25. The quantitative estimate of drug-likeness (QED) is 0.925. The molecule has 0 aliphatic heterocycles. The van der Waals surface area contributed by atoms with E-state index in [1.54, 1.807) is 18.2 Å². The summed E-state index contributed by atoms with van der Waals surface area (Å²) in [6, 6.07) is 6.34. The molecule has 0 radical (unpaired) electrons. The van der Waals surface area contributed by atoms with E-state index < -0.39 is 5.82 Å². The van der Waals surface area contributed by atoms with E-state index in [-0.39, 0.29) is 5.75 Å². The molecule has 0 saturated carbocycles. The van der Waals surface area contributed by atoms with Gasteiger partial charge in [-0.05, 0) is 30.7 Å². The van der Waals surface area contributed by atoms with Crippen LogP contribution in [-0.4, -0.2) is 11.5 Å². The van der Waals surface area contributed by atoms with E-state index in [2.05, 4.69) is 4.98 Å². The number of halogens is 2. The number of hydrogen-bond donors (Lipinski definition) is 1. The number of benzene rings is 1. The standard InChI is InChI=1S/C13H12ClFN2O/c14-10-6-11(8-17-7-10)18-13-2-1-9(3-4-16)5-12(13)15/h1-2,5-8H,3-4,16H2. The van der Waals surface area contributed by atoms with Crippen molar-refractivity contribution >= 4 is 11.6 Å². The Morgan fingerprint density at radius 1 is 1.28 bits per heavy atom. The minimum Gasteiger partial charge on any atom is -0.453 e. The van der Waals surface area contributed by atoms with Gasteiger partial charge in [0.1, 0.15) is 5.75 Å². The lowest BCUT2D eigenvalue weighted by Gasteiger charge is -2.08. The zero-order chi connectivity index (χ0) is 13.0. The van der Waals surface area contributed by atoms with Crippen molar-refractivity contribution in [2.45, 2.75) is 6.42 Å². The van der Waals surface area contributed by atoms with Crippen molar-refractivity contribution in [1.29, 1.82) is 0 Å². The molecule has 5 heteroatoms. The van der Waals surface area contributed by atoms with Crippen LogP contribution in [0.3, 0.4) is 0 Å². The number of aromatic nitrogens is 1. The SMILES string of the molecule is NCCc1ccc(Oc2cncc(Cl)c2)c(F)c1. The van der Waals surface area contributed by atoms with Gasteiger partial charge in [0.2, 0.25) is 0 Å². The molecule has 0 amide bonds. The van der Waals surface area contributed by atoms with Crippen molar-refractivity contribution in [1.82, 2.24) is 4.98 Å². The summed E-state index contributed by atoms with van der Waals surface area (Å²) >= 11 is 5.77. The smallest absolute Gasteiger partial charge is 0.165 e. The Morgan fingerprint density at radius 2 is 2.11 bits per heavy atom. The van der Waals surface area contributed by atoms with Crippen molar-refractivity contribution in [2.24, 2.45) is 5.73 Å². The number of rotatable bonds is 4. The highest BCUT2D eigenvalue weighted by molar-refractivity contribution is 6.30. The van der Waals surface area contributed by atoms with Crippen molar-refractivity contribution in [2.75, 3.05) is 6.54 Å². The van der Waals surface area contributed by atoms with Crippen LogP contribution in [0.1, 0.15) is 5.56 Å². The zero-order valence-corrected chi connectivity index (χ0v) is 10.3. The molecule has 2 aromatic rings. The second kappa shape index (κ2) is 5.80. The second-order valence-electron chi connectivity index (χ2n) is 3.74. The molecule has 0 atom stereocenters. The molecule has 2 N–H and O–H groups in total. The predicted octanol–water partition coefficient (Wildman–Crippen LogP) is 3.17. The first-order valence-electron chi connectivity index (χ1n) is 5.46. The molecule has 0 aliphatic rings. The van der Waals surface area contributed by atoms with E-state index in [0.717, 1.165) is 5.56 Å². The summed E-state index contributed by atoms with van der Waals surface area (Å²) in [5.74, 6) is 0.105. The first-order valence-corrected chi connectivity index (χ1v) is 5.84. The third kappa shape index (κ3) is 3.18. The van der Waals surface area contributed by atoms with Crippen LogP contribution >= 0.6 is 11.6 Å². The predicted molar refractivity (Wildman–Crippen MR) is 68.5 cm³/mol. The molecule has 0 spiro atoms. The fourth-order valence-corrected chi connectivity index (χ4v) is 1.69. The molecule has 1 aromatic carbocycles. The van der Waals surface area contributed by atoms with Gasteiger partial charge < -0.3 is 10.5 Å². The Hall–Kier alpha value is -1.65. The summed E-state index contributed by atoms with van der Waals surface area (Å²) in [7, 11) is 0. The number of nitrogens with zero attached hydrogens (tertiary/aromatic N) is 1. The average Bonchev–Trinajstić information content (AvgIpc) is 2.33. The summed E-state index contributed by atoms with van der Waals surface area (Å²) in [6.07, 6.45) is 3.59. The molecule has 18 heavy (non-hydrogen) atoms. The van der Waals surface area contributed by atoms with E-state index in [9.17, 15) is 4.39 Å². The number of nitrogens with two attached hydrogens (primary N) is 1. The Balaban J connectivity index is 2.19. The fourth-order valence-electron chi connectivity index (χ4n) is 1.52. The van der Waals surface area contributed by atoms with E-state index in [4.69, 9.17) is 22.1 Å². The third-order valence-electron chi connectivity index (χ3n) is 2.34. The van der Waals surface area contributed by atoms with Crippen LogP contribution in [0, 0.1) is 5.82 Å². The van der Waals surface area contributed by atoms with E-state index in [1.165, 1.54) is 18.5 Å². The first-order chi connectivity index (χ1) is 8.69. The Bertz CT molecular complexity index is 548. The molecule has 0 bridgehead atoms. The van der Waals surface area contributed by atoms with Gasteiger partial charge in [-0.15, -0.1) is 0 Å². The van der Waals surface area contributed by atoms with Gasteiger partial charge in [-0.25, -0.2) is 4.39 Å². The Kier molecular flexibility index (Phi) is 4.12. The molecule has 1 heterocycles. The van der Waals surface area contributed by atoms with Gasteiger partial charge in [0.25, 0.3) is 0 Å².